The Bertz CT molecular complexity index is 1080. The summed E-state index contributed by atoms with van der Waals surface area (Å²) >= 11 is 0. The van der Waals surface area contributed by atoms with Crippen molar-refractivity contribution in [3.63, 3.8) is 0 Å². The van der Waals surface area contributed by atoms with E-state index in [1.165, 1.54) is 0 Å². The van der Waals surface area contributed by atoms with Gasteiger partial charge in [0.15, 0.2) is 0 Å². The van der Waals surface area contributed by atoms with Crippen molar-refractivity contribution < 1.29 is 9.53 Å². The van der Waals surface area contributed by atoms with E-state index in [2.05, 4.69) is 4.98 Å². The first kappa shape index (κ1) is 19.4. The van der Waals surface area contributed by atoms with Crippen molar-refractivity contribution in [2.45, 2.75) is 39.3 Å². The molecule has 3 aromatic rings. The molecular weight excluding hydrogens is 364 g/mol. The molecule has 1 amide bonds. The number of H-pyrrole nitrogens is 1. The summed E-state index contributed by atoms with van der Waals surface area (Å²) in [4.78, 5) is 30.6. The van der Waals surface area contributed by atoms with Gasteiger partial charge in [0.2, 0.25) is 0 Å². The Kier molecular flexibility index (Phi) is 5.49. The molecule has 0 bridgehead atoms. The molecule has 2 heterocycles. The standard InChI is InChI=1S/C24H26N2O3/c1-16-5-8-18(9-6-16)24(28)26(15-21-4-3-11-29-21)14-20-13-19-12-17(2)7-10-22(19)25-23(20)27/h5-10,12-13,21H,3-4,11,14-15H2,1-2H3,(H,25,27). The van der Waals surface area contributed by atoms with Gasteiger partial charge >= 0.3 is 0 Å². The van der Waals surface area contributed by atoms with E-state index in [4.69, 9.17) is 4.74 Å². The van der Waals surface area contributed by atoms with Crippen molar-refractivity contribution >= 4 is 16.8 Å². The largest absolute Gasteiger partial charge is 0.376 e. The zero-order chi connectivity index (χ0) is 20.4. The zero-order valence-corrected chi connectivity index (χ0v) is 16.9. The monoisotopic (exact) mass is 390 g/mol. The normalized spacial score (nSPS) is 16.3. The van der Waals surface area contributed by atoms with E-state index in [-0.39, 0.29) is 24.1 Å². The highest BCUT2D eigenvalue weighted by Gasteiger charge is 2.24. The SMILES string of the molecule is Cc1ccc(C(=O)N(Cc2cc3cc(C)ccc3[nH]c2=O)CC2CCCO2)cc1. The predicted octanol–water partition coefficient (Wildman–Crippen LogP) is 3.97. The zero-order valence-electron chi connectivity index (χ0n) is 16.9. The van der Waals surface area contributed by atoms with Crippen molar-refractivity contribution in [3.05, 3.63) is 81.1 Å². The minimum atomic E-state index is -0.157. The van der Waals surface area contributed by atoms with Crippen LogP contribution in [-0.4, -0.2) is 35.0 Å². The molecule has 1 unspecified atom stereocenters. The van der Waals surface area contributed by atoms with Crippen molar-refractivity contribution in [1.82, 2.24) is 9.88 Å². The molecule has 1 aliphatic rings. The molecule has 1 saturated heterocycles. The van der Waals surface area contributed by atoms with Crippen LogP contribution in [0.5, 0.6) is 0 Å². The lowest BCUT2D eigenvalue weighted by Gasteiger charge is -2.25. The summed E-state index contributed by atoms with van der Waals surface area (Å²) in [6.07, 6.45) is 1.96. The number of carbonyl (C=O) groups is 1. The third-order valence-electron chi connectivity index (χ3n) is 5.47. The molecular formula is C24H26N2O3. The number of nitrogens with one attached hydrogen (secondary N) is 1. The highest BCUT2D eigenvalue weighted by atomic mass is 16.5. The lowest BCUT2D eigenvalue weighted by atomic mass is 10.1. The molecule has 0 radical (unpaired) electrons. The maximum Gasteiger partial charge on any atom is 0.254 e. The van der Waals surface area contributed by atoms with Crippen molar-refractivity contribution in [2.24, 2.45) is 0 Å². The van der Waals surface area contributed by atoms with Crippen LogP contribution in [-0.2, 0) is 11.3 Å². The lowest BCUT2D eigenvalue weighted by Crippen LogP contribution is -2.38. The first-order chi connectivity index (χ1) is 14.0. The number of aryl methyl sites for hydroxylation is 2. The van der Waals surface area contributed by atoms with Gasteiger partial charge in [-0.1, -0.05) is 29.3 Å². The highest BCUT2D eigenvalue weighted by Crippen LogP contribution is 2.19. The van der Waals surface area contributed by atoms with Gasteiger partial charge < -0.3 is 14.6 Å². The third kappa shape index (κ3) is 4.40. The summed E-state index contributed by atoms with van der Waals surface area (Å²) in [6, 6.07) is 15.4. The second-order valence-electron chi connectivity index (χ2n) is 7.90. The van der Waals surface area contributed by atoms with Crippen molar-refractivity contribution in [1.29, 1.82) is 0 Å². The molecule has 1 atom stereocenters. The van der Waals surface area contributed by atoms with Gasteiger partial charge in [-0.3, -0.25) is 9.59 Å². The Morgan fingerprint density at radius 1 is 1.10 bits per heavy atom. The third-order valence-corrected chi connectivity index (χ3v) is 5.47. The number of ether oxygens (including phenoxy) is 1. The average Bonchev–Trinajstić information content (AvgIpc) is 3.21. The Balaban J connectivity index is 1.66. The van der Waals surface area contributed by atoms with Crippen molar-refractivity contribution in [3.8, 4) is 0 Å². The Labute approximate surface area is 170 Å². The van der Waals surface area contributed by atoms with Gasteiger partial charge in [-0.25, -0.2) is 0 Å². The molecule has 1 aromatic heterocycles. The number of hydrogen-bond acceptors (Lipinski definition) is 3. The summed E-state index contributed by atoms with van der Waals surface area (Å²) in [5.41, 5.74) is 4.09. The van der Waals surface area contributed by atoms with Crippen molar-refractivity contribution in [2.75, 3.05) is 13.2 Å². The van der Waals surface area contributed by atoms with Crippen LogP contribution in [0.1, 0.15) is 39.9 Å². The quantitative estimate of drug-likeness (QED) is 0.717. The van der Waals surface area contributed by atoms with E-state index in [0.29, 0.717) is 17.7 Å². The molecule has 1 fully saturated rings. The first-order valence-electron chi connectivity index (χ1n) is 10.1. The van der Waals surface area contributed by atoms with Crippen LogP contribution in [0.2, 0.25) is 0 Å². The van der Waals surface area contributed by atoms with E-state index in [9.17, 15) is 9.59 Å². The minimum Gasteiger partial charge on any atom is -0.376 e. The number of nitrogens with zero attached hydrogens (tertiary/aromatic N) is 1. The van der Waals surface area contributed by atoms with E-state index in [1.807, 2.05) is 62.4 Å². The number of pyridine rings is 1. The Morgan fingerprint density at radius 2 is 1.86 bits per heavy atom. The van der Waals surface area contributed by atoms with Gasteiger partial charge in [0, 0.05) is 29.8 Å². The van der Waals surface area contributed by atoms with E-state index < -0.39 is 0 Å². The number of hydrogen-bond donors (Lipinski definition) is 1. The fourth-order valence-corrected chi connectivity index (χ4v) is 3.83. The number of benzene rings is 2. The van der Waals surface area contributed by atoms with Gasteiger partial charge in [-0.05, 0) is 62.4 Å². The van der Waals surface area contributed by atoms with E-state index >= 15 is 0 Å². The van der Waals surface area contributed by atoms with Crippen LogP contribution < -0.4 is 5.56 Å². The molecule has 2 aromatic carbocycles. The molecule has 5 nitrogen and oxygen atoms in total. The second-order valence-corrected chi connectivity index (χ2v) is 7.90. The van der Waals surface area contributed by atoms with Crippen LogP contribution in [0, 0.1) is 13.8 Å². The number of carbonyl (C=O) groups excluding carboxylic acids is 1. The molecule has 29 heavy (non-hydrogen) atoms. The fourth-order valence-electron chi connectivity index (χ4n) is 3.83. The Hall–Kier alpha value is -2.92. The number of rotatable bonds is 5. The van der Waals surface area contributed by atoms with Gasteiger partial charge in [-0.2, -0.15) is 0 Å². The van der Waals surface area contributed by atoms with Crippen LogP contribution in [0.4, 0.5) is 0 Å². The second kappa shape index (κ2) is 8.21. The highest BCUT2D eigenvalue weighted by molar-refractivity contribution is 5.94. The topological polar surface area (TPSA) is 62.4 Å². The van der Waals surface area contributed by atoms with Gasteiger partial charge in [0.25, 0.3) is 11.5 Å². The molecule has 1 N–H and O–H groups in total. The number of fused-ring (bicyclic) bond motifs is 1. The average molecular weight is 390 g/mol. The van der Waals surface area contributed by atoms with Gasteiger partial charge in [-0.15, -0.1) is 0 Å². The molecule has 1 aliphatic heterocycles. The summed E-state index contributed by atoms with van der Waals surface area (Å²) in [6.45, 7) is 5.49. The molecule has 0 aliphatic carbocycles. The smallest absolute Gasteiger partial charge is 0.254 e. The maximum atomic E-state index is 13.2. The Morgan fingerprint density at radius 3 is 2.59 bits per heavy atom. The minimum absolute atomic E-state index is 0.0196. The van der Waals surface area contributed by atoms with Crippen LogP contribution in [0.3, 0.4) is 0 Å². The summed E-state index contributed by atoms with van der Waals surface area (Å²) in [5, 5.41) is 0.972. The maximum absolute atomic E-state index is 13.2. The van der Waals surface area contributed by atoms with Crippen LogP contribution in [0.25, 0.3) is 10.9 Å². The van der Waals surface area contributed by atoms with Crippen LogP contribution >= 0.6 is 0 Å². The summed E-state index contributed by atoms with van der Waals surface area (Å²) in [7, 11) is 0. The number of amides is 1. The molecule has 0 saturated carbocycles. The first-order valence-corrected chi connectivity index (χ1v) is 10.1. The fraction of sp³-hybridized carbons (Fsp3) is 0.333. The predicted molar refractivity (Wildman–Crippen MR) is 114 cm³/mol. The number of aromatic nitrogens is 1. The lowest BCUT2D eigenvalue weighted by molar-refractivity contribution is 0.0506. The van der Waals surface area contributed by atoms with Crippen LogP contribution in [0.15, 0.2) is 53.3 Å². The molecule has 4 rings (SSSR count). The molecule has 5 heteroatoms. The van der Waals surface area contributed by atoms with E-state index in [1.54, 1.807) is 4.90 Å². The summed E-state index contributed by atoms with van der Waals surface area (Å²) in [5.74, 6) is -0.0794. The summed E-state index contributed by atoms with van der Waals surface area (Å²) < 4.78 is 5.76. The van der Waals surface area contributed by atoms with Gasteiger partial charge in [0.1, 0.15) is 0 Å². The molecule has 0 spiro atoms. The number of aromatic amines is 1. The van der Waals surface area contributed by atoms with E-state index in [0.717, 1.165) is 41.5 Å². The molecule has 150 valence electrons. The van der Waals surface area contributed by atoms with Gasteiger partial charge in [0.05, 0.1) is 12.6 Å².